The maximum absolute atomic E-state index is 13.0. The molecule has 14 heteroatoms. The second kappa shape index (κ2) is 13.6. The van der Waals surface area contributed by atoms with Crippen LogP contribution in [0.5, 0.6) is 0 Å². The molecule has 0 saturated heterocycles. The molecule has 3 aromatic rings. The molecule has 3 rings (SSSR count). The lowest BCUT2D eigenvalue weighted by Gasteiger charge is -2.29. The molecule has 0 radical (unpaired) electrons. The molecular weight excluding hydrogens is 548 g/mol. The van der Waals surface area contributed by atoms with Gasteiger partial charge in [-0.15, -0.1) is 0 Å². The van der Waals surface area contributed by atoms with Gasteiger partial charge >= 0.3 is 5.97 Å². The molecule has 0 aliphatic heterocycles. The Balaban J connectivity index is 1.66. The lowest BCUT2D eigenvalue weighted by atomic mass is 10.0. The van der Waals surface area contributed by atoms with Crippen molar-refractivity contribution in [2.45, 2.75) is 63.6 Å². The highest BCUT2D eigenvalue weighted by Gasteiger charge is 2.32. The Morgan fingerprint density at radius 3 is 2.29 bits per heavy atom. The van der Waals surface area contributed by atoms with Crippen LogP contribution in [0.2, 0.25) is 0 Å². The third-order valence-corrected chi connectivity index (χ3v) is 6.51. The number of aromatic nitrogens is 3. The minimum absolute atomic E-state index is 0.0269. The van der Waals surface area contributed by atoms with E-state index in [9.17, 15) is 34.5 Å². The monoisotopic (exact) mass is 586 g/mol. The summed E-state index contributed by atoms with van der Waals surface area (Å²) >= 11 is 0. The fourth-order valence-electron chi connectivity index (χ4n) is 4.19. The number of carbonyl (C=O) groups is 3. The van der Waals surface area contributed by atoms with Crippen molar-refractivity contribution in [2.24, 2.45) is 0 Å². The maximum atomic E-state index is 13.0. The minimum atomic E-state index is -1.61. The molecule has 0 bridgehead atoms. The van der Waals surface area contributed by atoms with E-state index < -0.39 is 54.8 Å². The van der Waals surface area contributed by atoms with Crippen LogP contribution in [-0.4, -0.2) is 85.1 Å². The summed E-state index contributed by atoms with van der Waals surface area (Å²) in [6.45, 7) is 2.93. The predicted molar refractivity (Wildman–Crippen MR) is 153 cm³/mol. The van der Waals surface area contributed by atoms with E-state index in [1.54, 1.807) is 51.2 Å². The molecule has 1 aromatic carbocycles. The van der Waals surface area contributed by atoms with E-state index in [1.165, 1.54) is 0 Å². The number of carbonyl (C=O) groups excluding carboxylic acids is 3. The van der Waals surface area contributed by atoms with E-state index in [1.807, 2.05) is 0 Å². The van der Waals surface area contributed by atoms with Gasteiger partial charge in [-0.1, -0.05) is 12.1 Å². The van der Waals surface area contributed by atoms with Crippen LogP contribution in [0.4, 0.5) is 5.95 Å². The predicted octanol–water partition coefficient (Wildman–Crippen LogP) is -0.329. The van der Waals surface area contributed by atoms with E-state index in [2.05, 4.69) is 25.6 Å². The van der Waals surface area contributed by atoms with Crippen molar-refractivity contribution in [1.82, 2.24) is 25.6 Å². The fourth-order valence-corrected chi connectivity index (χ4v) is 4.19. The zero-order valence-corrected chi connectivity index (χ0v) is 23.8. The summed E-state index contributed by atoms with van der Waals surface area (Å²) in [5.74, 6) is -1.90. The second-order valence-corrected chi connectivity index (χ2v) is 11.1. The number of nitrogens with one attached hydrogen (secondary N) is 4. The largest absolute Gasteiger partial charge is 0.458 e. The molecule has 1 atom stereocenters. The number of anilines is 1. The van der Waals surface area contributed by atoms with Gasteiger partial charge in [0.05, 0.1) is 25.2 Å². The number of fused-ring (bicyclic) bond motifs is 1. The first-order valence-electron chi connectivity index (χ1n) is 13.4. The van der Waals surface area contributed by atoms with Crippen molar-refractivity contribution in [3.05, 3.63) is 57.5 Å². The van der Waals surface area contributed by atoms with Crippen LogP contribution in [-0.2, 0) is 27.2 Å². The summed E-state index contributed by atoms with van der Waals surface area (Å²) < 4.78 is 5.42. The molecule has 9 N–H and O–H groups in total. The number of nitrogens with two attached hydrogens (primary N) is 1. The van der Waals surface area contributed by atoms with Gasteiger partial charge in [-0.3, -0.25) is 19.4 Å². The van der Waals surface area contributed by atoms with Crippen LogP contribution in [0.3, 0.4) is 0 Å². The molecule has 2 heterocycles. The number of aliphatic hydroxyl groups excluding tert-OH is 3. The average Bonchev–Trinajstić information content (AvgIpc) is 3.35. The number of hydrogen-bond acceptors (Lipinski definition) is 10. The van der Waals surface area contributed by atoms with Crippen LogP contribution >= 0.6 is 0 Å². The van der Waals surface area contributed by atoms with Crippen LogP contribution in [0, 0.1) is 0 Å². The smallest absolute Gasteiger partial charge is 0.329 e. The first-order valence-corrected chi connectivity index (χ1v) is 13.4. The van der Waals surface area contributed by atoms with Gasteiger partial charge < -0.3 is 41.4 Å². The van der Waals surface area contributed by atoms with E-state index >= 15 is 0 Å². The molecule has 0 unspecified atom stereocenters. The third-order valence-electron chi connectivity index (χ3n) is 6.51. The Bertz CT molecular complexity index is 1450. The van der Waals surface area contributed by atoms with Crippen molar-refractivity contribution in [3.8, 4) is 0 Å². The number of ether oxygens (including phenoxy) is 1. The van der Waals surface area contributed by atoms with Gasteiger partial charge in [-0.05, 0) is 63.3 Å². The molecule has 0 aliphatic carbocycles. The van der Waals surface area contributed by atoms with Gasteiger partial charge in [0, 0.05) is 18.2 Å². The average molecular weight is 587 g/mol. The van der Waals surface area contributed by atoms with Crippen molar-refractivity contribution in [1.29, 1.82) is 0 Å². The van der Waals surface area contributed by atoms with Crippen LogP contribution < -0.4 is 21.9 Å². The third kappa shape index (κ3) is 8.38. The normalized spacial score (nSPS) is 12.6. The fraction of sp³-hybridized carbons (Fsp3) is 0.464. The van der Waals surface area contributed by atoms with Crippen molar-refractivity contribution in [3.63, 3.8) is 0 Å². The lowest BCUT2D eigenvalue weighted by molar-refractivity contribution is -0.157. The van der Waals surface area contributed by atoms with Crippen molar-refractivity contribution >= 4 is 34.8 Å². The number of amides is 2. The summed E-state index contributed by atoms with van der Waals surface area (Å²) in [5, 5.41) is 33.7. The van der Waals surface area contributed by atoms with Gasteiger partial charge in [0.25, 0.3) is 11.5 Å². The molecule has 42 heavy (non-hydrogen) atoms. The van der Waals surface area contributed by atoms with Crippen molar-refractivity contribution in [2.75, 3.05) is 25.6 Å². The SMILES string of the molecule is CC(C)(C)OC(=O)[C@H](CCC(=O)NC(CO)(CO)CO)NC(=O)c1ccc(CCc2c[nH]c3nc(N)[nH]c(=O)c23)cc1. The van der Waals surface area contributed by atoms with Gasteiger partial charge in [-0.25, -0.2) is 4.79 Å². The number of nitrogen functional groups attached to an aromatic ring is 1. The number of benzene rings is 1. The molecule has 0 saturated carbocycles. The zero-order valence-electron chi connectivity index (χ0n) is 23.8. The van der Waals surface area contributed by atoms with Crippen LogP contribution in [0.25, 0.3) is 11.0 Å². The van der Waals surface area contributed by atoms with E-state index in [-0.39, 0.29) is 29.9 Å². The molecule has 0 fully saturated rings. The molecule has 0 spiro atoms. The number of H-pyrrole nitrogens is 2. The number of esters is 1. The Morgan fingerprint density at radius 2 is 1.69 bits per heavy atom. The highest BCUT2D eigenvalue weighted by Crippen LogP contribution is 2.17. The summed E-state index contributed by atoms with van der Waals surface area (Å²) in [6, 6.07) is 5.56. The number of aromatic amines is 2. The van der Waals surface area contributed by atoms with Crippen molar-refractivity contribution < 1.29 is 34.4 Å². The maximum Gasteiger partial charge on any atom is 0.329 e. The van der Waals surface area contributed by atoms with Crippen LogP contribution in [0.1, 0.15) is 55.1 Å². The summed E-state index contributed by atoms with van der Waals surface area (Å²) in [5.41, 5.74) is 5.17. The highest BCUT2D eigenvalue weighted by molar-refractivity contribution is 5.97. The molecule has 2 aromatic heterocycles. The summed E-state index contributed by atoms with van der Waals surface area (Å²) in [4.78, 5) is 60.1. The lowest BCUT2D eigenvalue weighted by Crippen LogP contribution is -2.57. The van der Waals surface area contributed by atoms with Gasteiger partial charge in [0.1, 0.15) is 22.8 Å². The number of aryl methyl sites for hydroxylation is 2. The Morgan fingerprint density at radius 1 is 1.05 bits per heavy atom. The summed E-state index contributed by atoms with van der Waals surface area (Å²) in [6.07, 6.45) is 2.43. The molecule has 0 aliphatic rings. The molecule has 2 amide bonds. The number of nitrogens with zero attached hydrogens (tertiary/aromatic N) is 1. The van der Waals surface area contributed by atoms with Crippen LogP contribution in [0.15, 0.2) is 35.3 Å². The van der Waals surface area contributed by atoms with Gasteiger partial charge in [0.2, 0.25) is 11.9 Å². The van der Waals surface area contributed by atoms with E-state index in [0.717, 1.165) is 11.1 Å². The first kappa shape index (κ1) is 32.2. The number of aliphatic hydroxyl groups is 3. The highest BCUT2D eigenvalue weighted by atomic mass is 16.6. The molecular formula is C28H38N6O8. The Kier molecular flexibility index (Phi) is 10.4. The topological polar surface area (TPSA) is 233 Å². The zero-order chi connectivity index (χ0) is 31.1. The minimum Gasteiger partial charge on any atom is -0.458 e. The second-order valence-electron chi connectivity index (χ2n) is 11.1. The summed E-state index contributed by atoms with van der Waals surface area (Å²) in [7, 11) is 0. The molecule has 14 nitrogen and oxygen atoms in total. The van der Waals surface area contributed by atoms with Gasteiger partial charge in [0.15, 0.2) is 0 Å². The Labute approximate surface area is 241 Å². The standard InChI is InChI=1S/C28H38N6O8/c1-27(2,3)42-25(41)19(10-11-20(38)34-28(13-35,14-36)15-37)31-23(39)17-7-4-16(5-8-17)6-9-18-12-30-22-21(18)24(40)33-26(29)32-22/h4-5,7-8,12,19,35-37H,6,9-11,13-15H2,1-3H3,(H,31,39)(H,34,38)(H4,29,30,32,33,40)/t19-/m0/s1. The first-order chi connectivity index (χ1) is 19.8. The molecule has 228 valence electrons. The Hall–Kier alpha value is -4.27. The van der Waals surface area contributed by atoms with E-state index in [0.29, 0.717) is 23.9 Å². The van der Waals surface area contributed by atoms with E-state index in [4.69, 9.17) is 10.5 Å². The quantitative estimate of drug-likeness (QED) is 0.121. The van der Waals surface area contributed by atoms with Gasteiger partial charge in [-0.2, -0.15) is 4.98 Å². The number of rotatable bonds is 13. The number of hydrogen-bond donors (Lipinski definition) is 8.